The van der Waals surface area contributed by atoms with E-state index in [1.165, 1.54) is 6.08 Å². The summed E-state index contributed by atoms with van der Waals surface area (Å²) in [5.74, 6) is 0. The van der Waals surface area contributed by atoms with Gasteiger partial charge in [0.05, 0.1) is 0 Å². The minimum absolute atomic E-state index is 0.709. The van der Waals surface area contributed by atoms with Crippen LogP contribution in [0.2, 0.25) is 0 Å². The maximum Gasteiger partial charge on any atom is 0.407 e. The van der Waals surface area contributed by atoms with Crippen LogP contribution in [0.3, 0.4) is 0 Å². The fourth-order valence-corrected chi connectivity index (χ4v) is 1.00. The van der Waals surface area contributed by atoms with Crippen molar-refractivity contribution < 1.29 is 13.2 Å². The van der Waals surface area contributed by atoms with Crippen molar-refractivity contribution in [2.45, 2.75) is 19.1 Å². The van der Waals surface area contributed by atoms with Gasteiger partial charge in [0.15, 0.2) is 0 Å². The third-order valence-electron chi connectivity index (χ3n) is 1.95. The fourth-order valence-electron chi connectivity index (χ4n) is 1.00. The van der Waals surface area contributed by atoms with Gasteiger partial charge in [0.1, 0.15) is 6.04 Å². The lowest BCUT2D eigenvalue weighted by atomic mass is 10.1. The molecule has 0 saturated carbocycles. The van der Waals surface area contributed by atoms with Crippen molar-refractivity contribution in [3.63, 3.8) is 0 Å². The van der Waals surface area contributed by atoms with Crippen molar-refractivity contribution in [3.8, 4) is 0 Å². The molecule has 0 radical (unpaired) electrons. The zero-order chi connectivity index (χ0) is 11.5. The van der Waals surface area contributed by atoms with Crippen LogP contribution < -0.4 is 5.73 Å². The molecule has 82 valence electrons. The van der Waals surface area contributed by atoms with Crippen molar-refractivity contribution in [3.05, 3.63) is 41.5 Å². The molecule has 0 aliphatic heterocycles. The summed E-state index contributed by atoms with van der Waals surface area (Å²) in [7, 11) is 0. The topological polar surface area (TPSA) is 26.0 Å². The lowest BCUT2D eigenvalue weighted by Crippen LogP contribution is -2.35. The monoisotopic (exact) mass is 215 g/mol. The molecule has 0 aliphatic rings. The minimum Gasteiger partial charge on any atom is -0.317 e. The minimum atomic E-state index is -4.37. The molecule has 1 atom stereocenters. The Balaban J connectivity index is 2.70. The molecule has 0 spiro atoms. The largest absolute Gasteiger partial charge is 0.407 e. The van der Waals surface area contributed by atoms with Gasteiger partial charge in [-0.05, 0) is 12.5 Å². The second-order valence-corrected chi connectivity index (χ2v) is 3.34. The molecule has 0 fully saturated rings. The molecule has 15 heavy (non-hydrogen) atoms. The maximum atomic E-state index is 12.0. The normalized spacial score (nSPS) is 14.5. The van der Waals surface area contributed by atoms with Crippen LogP contribution in [0.4, 0.5) is 13.2 Å². The highest BCUT2D eigenvalue weighted by Gasteiger charge is 2.34. The van der Waals surface area contributed by atoms with Gasteiger partial charge in [0, 0.05) is 0 Å². The van der Waals surface area contributed by atoms with E-state index < -0.39 is 12.2 Å². The van der Waals surface area contributed by atoms with Crippen LogP contribution in [0.25, 0.3) is 6.08 Å². The summed E-state index contributed by atoms with van der Waals surface area (Å²) < 4.78 is 36.1. The highest BCUT2D eigenvalue weighted by Crippen LogP contribution is 2.19. The molecule has 0 aromatic heterocycles. The van der Waals surface area contributed by atoms with Crippen molar-refractivity contribution in [2.75, 3.05) is 0 Å². The standard InChI is InChI=1S/C11H12F3N/c1-8-2-4-9(5-3-8)6-7-10(15)11(12,13)14/h2-7,10H,15H2,1H3/b7-6+. The van der Waals surface area contributed by atoms with Crippen molar-refractivity contribution in [1.29, 1.82) is 0 Å². The first-order chi connectivity index (χ1) is 6.89. The first-order valence-electron chi connectivity index (χ1n) is 4.47. The third kappa shape index (κ3) is 3.75. The number of halogens is 3. The molecule has 0 amide bonds. The van der Waals surface area contributed by atoms with Crippen LogP contribution in [-0.4, -0.2) is 12.2 Å². The van der Waals surface area contributed by atoms with E-state index in [2.05, 4.69) is 0 Å². The molecular formula is C11H12F3N. The molecule has 2 N–H and O–H groups in total. The Morgan fingerprint density at radius 3 is 2.20 bits per heavy atom. The van der Waals surface area contributed by atoms with Crippen molar-refractivity contribution in [1.82, 2.24) is 0 Å². The number of aryl methyl sites for hydroxylation is 1. The summed E-state index contributed by atoms with van der Waals surface area (Å²) >= 11 is 0. The van der Waals surface area contributed by atoms with Gasteiger partial charge in [-0.1, -0.05) is 42.0 Å². The number of alkyl halides is 3. The van der Waals surface area contributed by atoms with E-state index in [1.54, 1.807) is 12.1 Å². The molecular weight excluding hydrogens is 203 g/mol. The average Bonchev–Trinajstić information content (AvgIpc) is 2.15. The molecule has 1 aromatic carbocycles. The second kappa shape index (κ2) is 4.49. The van der Waals surface area contributed by atoms with Crippen LogP contribution in [-0.2, 0) is 0 Å². The van der Waals surface area contributed by atoms with Gasteiger partial charge >= 0.3 is 6.18 Å². The van der Waals surface area contributed by atoms with E-state index in [-0.39, 0.29) is 0 Å². The molecule has 1 aromatic rings. The van der Waals surface area contributed by atoms with E-state index in [0.717, 1.165) is 11.6 Å². The third-order valence-corrected chi connectivity index (χ3v) is 1.95. The van der Waals surface area contributed by atoms with E-state index in [1.807, 2.05) is 19.1 Å². The highest BCUT2D eigenvalue weighted by atomic mass is 19.4. The van der Waals surface area contributed by atoms with Crippen molar-refractivity contribution >= 4 is 6.08 Å². The molecule has 1 nitrogen and oxygen atoms in total. The Kier molecular flexibility index (Phi) is 3.52. The second-order valence-electron chi connectivity index (χ2n) is 3.34. The number of hydrogen-bond acceptors (Lipinski definition) is 1. The molecule has 0 heterocycles. The summed E-state index contributed by atoms with van der Waals surface area (Å²) in [6.45, 7) is 1.91. The van der Waals surface area contributed by atoms with Gasteiger partial charge in [0.25, 0.3) is 0 Å². The average molecular weight is 215 g/mol. The van der Waals surface area contributed by atoms with Gasteiger partial charge in [-0.3, -0.25) is 0 Å². The molecule has 0 bridgehead atoms. The maximum absolute atomic E-state index is 12.0. The molecule has 1 unspecified atom stereocenters. The van der Waals surface area contributed by atoms with E-state index >= 15 is 0 Å². The lowest BCUT2D eigenvalue weighted by molar-refractivity contribution is -0.136. The number of hydrogen-bond donors (Lipinski definition) is 1. The Morgan fingerprint density at radius 2 is 1.73 bits per heavy atom. The summed E-state index contributed by atoms with van der Waals surface area (Å²) in [4.78, 5) is 0. The van der Waals surface area contributed by atoms with Crippen LogP contribution in [0.5, 0.6) is 0 Å². The van der Waals surface area contributed by atoms with E-state index in [0.29, 0.717) is 5.56 Å². The zero-order valence-electron chi connectivity index (χ0n) is 8.25. The van der Waals surface area contributed by atoms with Gasteiger partial charge in [-0.15, -0.1) is 0 Å². The first-order valence-corrected chi connectivity index (χ1v) is 4.47. The Hall–Kier alpha value is -1.29. The molecule has 0 saturated heterocycles. The smallest absolute Gasteiger partial charge is 0.317 e. The lowest BCUT2D eigenvalue weighted by Gasteiger charge is -2.10. The van der Waals surface area contributed by atoms with Gasteiger partial charge in [-0.2, -0.15) is 13.2 Å². The Labute approximate surface area is 86.4 Å². The quantitative estimate of drug-likeness (QED) is 0.806. The van der Waals surface area contributed by atoms with E-state index in [9.17, 15) is 13.2 Å². The van der Waals surface area contributed by atoms with Crippen LogP contribution in [0, 0.1) is 6.92 Å². The SMILES string of the molecule is Cc1ccc(/C=C/C(N)C(F)(F)F)cc1. The Morgan fingerprint density at radius 1 is 1.20 bits per heavy atom. The molecule has 0 aliphatic carbocycles. The zero-order valence-corrected chi connectivity index (χ0v) is 8.25. The predicted octanol–water partition coefficient (Wildman–Crippen LogP) is 2.90. The molecule has 4 heteroatoms. The van der Waals surface area contributed by atoms with Crippen LogP contribution in [0.15, 0.2) is 30.3 Å². The van der Waals surface area contributed by atoms with Gasteiger partial charge < -0.3 is 5.73 Å². The summed E-state index contributed by atoms with van der Waals surface area (Å²) in [5.41, 5.74) is 6.69. The van der Waals surface area contributed by atoms with Crippen LogP contribution >= 0.6 is 0 Å². The van der Waals surface area contributed by atoms with Gasteiger partial charge in [0.2, 0.25) is 0 Å². The summed E-state index contributed by atoms with van der Waals surface area (Å²) in [6.07, 6.45) is -2.05. The van der Waals surface area contributed by atoms with Crippen LogP contribution in [0.1, 0.15) is 11.1 Å². The first kappa shape index (κ1) is 11.8. The summed E-state index contributed by atoms with van der Waals surface area (Å²) in [6, 6.07) is 5.25. The predicted molar refractivity (Wildman–Crippen MR) is 54.2 cm³/mol. The summed E-state index contributed by atoms with van der Waals surface area (Å²) in [5, 5.41) is 0. The van der Waals surface area contributed by atoms with Gasteiger partial charge in [-0.25, -0.2) is 0 Å². The molecule has 1 rings (SSSR count). The van der Waals surface area contributed by atoms with Crippen molar-refractivity contribution in [2.24, 2.45) is 5.73 Å². The number of rotatable bonds is 2. The highest BCUT2D eigenvalue weighted by molar-refractivity contribution is 5.50. The number of benzene rings is 1. The Bertz CT molecular complexity index is 338. The van der Waals surface area contributed by atoms with E-state index in [4.69, 9.17) is 5.73 Å². The number of nitrogens with two attached hydrogens (primary N) is 1. The fraction of sp³-hybridized carbons (Fsp3) is 0.273.